The molecule has 0 saturated carbocycles. The molecule has 0 heterocycles. The Kier molecular flexibility index (Phi) is 7.43. The van der Waals surface area contributed by atoms with Crippen molar-refractivity contribution >= 4 is 52.1 Å². The van der Waals surface area contributed by atoms with E-state index >= 15 is 0 Å². The maximum Gasteiger partial charge on any atom is 0.237 e. The summed E-state index contributed by atoms with van der Waals surface area (Å²) in [6.07, 6.45) is 0. The van der Waals surface area contributed by atoms with Crippen LogP contribution in [0.15, 0.2) is 77.7 Å². The van der Waals surface area contributed by atoms with Gasteiger partial charge in [0.15, 0.2) is 5.11 Å². The molecule has 154 valence electrons. The van der Waals surface area contributed by atoms with Crippen molar-refractivity contribution in [3.8, 4) is 0 Å². The largest absolute Gasteiger partial charge is 0.332 e. The quantitative estimate of drug-likeness (QED) is 0.322. The van der Waals surface area contributed by atoms with Gasteiger partial charge in [0.25, 0.3) is 0 Å². The number of aryl methyl sites for hydroxylation is 1. The molecular formula is C23H22FN3OS2. The second kappa shape index (κ2) is 10.2. The number of carbonyl (C=O) groups excluding carboxylic acids is 1. The topological polar surface area (TPSA) is 53.2 Å². The molecule has 30 heavy (non-hydrogen) atoms. The highest BCUT2D eigenvalue weighted by atomic mass is 32.2. The van der Waals surface area contributed by atoms with Gasteiger partial charge in [-0.25, -0.2) is 4.39 Å². The first-order valence-electron chi connectivity index (χ1n) is 9.37. The van der Waals surface area contributed by atoms with Crippen molar-refractivity contribution in [1.82, 2.24) is 0 Å². The van der Waals surface area contributed by atoms with E-state index in [1.165, 1.54) is 41.6 Å². The molecular weight excluding hydrogens is 417 g/mol. The molecule has 7 heteroatoms. The smallest absolute Gasteiger partial charge is 0.237 e. The highest BCUT2D eigenvalue weighted by molar-refractivity contribution is 8.00. The van der Waals surface area contributed by atoms with Crippen LogP contribution >= 0.6 is 24.0 Å². The number of benzene rings is 3. The monoisotopic (exact) mass is 439 g/mol. The number of nitrogens with one attached hydrogen (secondary N) is 3. The number of anilines is 3. The average molecular weight is 440 g/mol. The fourth-order valence-electron chi connectivity index (χ4n) is 2.61. The SMILES string of the molecule is Cc1ccc(NC(=S)Nc2cccc(SC(C)C(=O)Nc3ccc(F)cc3)c2)cc1. The van der Waals surface area contributed by atoms with Crippen LogP contribution in [-0.4, -0.2) is 16.3 Å². The third-order valence-electron chi connectivity index (χ3n) is 4.20. The van der Waals surface area contributed by atoms with E-state index in [1.54, 1.807) is 0 Å². The Bertz CT molecular complexity index is 1020. The minimum absolute atomic E-state index is 0.151. The summed E-state index contributed by atoms with van der Waals surface area (Å²) in [7, 11) is 0. The van der Waals surface area contributed by atoms with Gasteiger partial charge in [0.05, 0.1) is 5.25 Å². The summed E-state index contributed by atoms with van der Waals surface area (Å²) >= 11 is 6.82. The Morgan fingerprint density at radius 2 is 1.50 bits per heavy atom. The third kappa shape index (κ3) is 6.57. The lowest BCUT2D eigenvalue weighted by molar-refractivity contribution is -0.115. The molecule has 0 spiro atoms. The van der Waals surface area contributed by atoms with Gasteiger partial charge in [-0.2, -0.15) is 0 Å². The van der Waals surface area contributed by atoms with E-state index in [0.29, 0.717) is 10.8 Å². The molecule has 0 aliphatic heterocycles. The van der Waals surface area contributed by atoms with Gasteiger partial charge in [0.2, 0.25) is 5.91 Å². The van der Waals surface area contributed by atoms with Crippen molar-refractivity contribution < 1.29 is 9.18 Å². The summed E-state index contributed by atoms with van der Waals surface area (Å²) in [4.78, 5) is 13.3. The van der Waals surface area contributed by atoms with Gasteiger partial charge in [-0.15, -0.1) is 11.8 Å². The van der Waals surface area contributed by atoms with Crippen molar-refractivity contribution in [3.05, 3.63) is 84.2 Å². The molecule has 0 radical (unpaired) electrons. The van der Waals surface area contributed by atoms with Crippen LogP contribution in [0.5, 0.6) is 0 Å². The minimum atomic E-state index is -0.338. The zero-order valence-electron chi connectivity index (χ0n) is 16.6. The molecule has 0 aliphatic rings. The second-order valence-electron chi connectivity index (χ2n) is 6.73. The fourth-order valence-corrected chi connectivity index (χ4v) is 3.77. The first-order chi connectivity index (χ1) is 14.4. The Balaban J connectivity index is 1.56. The van der Waals surface area contributed by atoms with Gasteiger partial charge in [0, 0.05) is 22.0 Å². The Hall–Kier alpha value is -2.90. The second-order valence-corrected chi connectivity index (χ2v) is 8.55. The van der Waals surface area contributed by atoms with Crippen molar-refractivity contribution in [1.29, 1.82) is 0 Å². The number of halogens is 1. The maximum absolute atomic E-state index is 13.0. The summed E-state index contributed by atoms with van der Waals surface area (Å²) in [5.74, 6) is -0.490. The maximum atomic E-state index is 13.0. The van der Waals surface area contributed by atoms with E-state index in [0.717, 1.165) is 16.3 Å². The Labute approximate surface area is 185 Å². The van der Waals surface area contributed by atoms with Crippen LogP contribution < -0.4 is 16.0 Å². The van der Waals surface area contributed by atoms with Gasteiger partial charge >= 0.3 is 0 Å². The number of amides is 1. The zero-order chi connectivity index (χ0) is 21.5. The Morgan fingerprint density at radius 1 is 0.900 bits per heavy atom. The van der Waals surface area contributed by atoms with Gasteiger partial charge in [0.1, 0.15) is 5.82 Å². The summed E-state index contributed by atoms with van der Waals surface area (Å²) in [6.45, 7) is 3.86. The normalized spacial score (nSPS) is 11.4. The van der Waals surface area contributed by atoms with Crippen LogP contribution in [0, 0.1) is 12.7 Å². The summed E-state index contributed by atoms with van der Waals surface area (Å²) in [5.41, 5.74) is 3.49. The number of hydrogen-bond donors (Lipinski definition) is 3. The molecule has 1 unspecified atom stereocenters. The molecule has 3 aromatic carbocycles. The zero-order valence-corrected chi connectivity index (χ0v) is 18.2. The molecule has 1 atom stereocenters. The number of carbonyl (C=O) groups is 1. The fraction of sp³-hybridized carbons (Fsp3) is 0.130. The lowest BCUT2D eigenvalue weighted by Gasteiger charge is -2.14. The predicted octanol–water partition coefficient (Wildman–Crippen LogP) is 6.06. The van der Waals surface area contributed by atoms with Crippen molar-refractivity contribution in [3.63, 3.8) is 0 Å². The van der Waals surface area contributed by atoms with Crippen LogP contribution in [0.3, 0.4) is 0 Å². The summed E-state index contributed by atoms with van der Waals surface area (Å²) in [5, 5.41) is 9.27. The molecule has 4 nitrogen and oxygen atoms in total. The van der Waals surface area contributed by atoms with Crippen LogP contribution in [0.2, 0.25) is 0 Å². The molecule has 3 rings (SSSR count). The molecule has 0 fully saturated rings. The number of thioether (sulfide) groups is 1. The Morgan fingerprint density at radius 3 is 2.20 bits per heavy atom. The predicted molar refractivity (Wildman–Crippen MR) is 128 cm³/mol. The van der Waals surface area contributed by atoms with Crippen LogP contribution in [-0.2, 0) is 4.79 Å². The van der Waals surface area contributed by atoms with E-state index in [1.807, 2.05) is 62.4 Å². The third-order valence-corrected chi connectivity index (χ3v) is 5.49. The van der Waals surface area contributed by atoms with Gasteiger partial charge < -0.3 is 16.0 Å². The minimum Gasteiger partial charge on any atom is -0.332 e. The lowest BCUT2D eigenvalue weighted by Crippen LogP contribution is -2.22. The lowest BCUT2D eigenvalue weighted by atomic mass is 10.2. The van der Waals surface area contributed by atoms with Crippen molar-refractivity contribution in [2.45, 2.75) is 24.0 Å². The van der Waals surface area contributed by atoms with E-state index in [9.17, 15) is 9.18 Å². The highest BCUT2D eigenvalue weighted by Crippen LogP contribution is 2.27. The molecule has 0 aliphatic carbocycles. The molecule has 1 amide bonds. The average Bonchev–Trinajstić information content (AvgIpc) is 2.71. The standard InChI is InChI=1S/C23H22FN3OS2/c1-15-6-10-19(11-7-15)26-23(29)27-20-4-3-5-21(14-20)30-16(2)22(28)25-18-12-8-17(24)9-13-18/h3-14,16H,1-2H3,(H,25,28)(H2,26,27,29). The van der Waals surface area contributed by atoms with E-state index < -0.39 is 0 Å². The highest BCUT2D eigenvalue weighted by Gasteiger charge is 2.15. The first kappa shape index (κ1) is 21.8. The van der Waals surface area contributed by atoms with E-state index in [2.05, 4.69) is 16.0 Å². The van der Waals surface area contributed by atoms with Crippen LogP contribution in [0.25, 0.3) is 0 Å². The first-order valence-corrected chi connectivity index (χ1v) is 10.7. The summed E-state index contributed by atoms with van der Waals surface area (Å²) in [6, 6.07) is 21.4. The molecule has 0 saturated heterocycles. The van der Waals surface area contributed by atoms with E-state index in [-0.39, 0.29) is 17.0 Å². The molecule has 3 N–H and O–H groups in total. The number of rotatable bonds is 6. The van der Waals surface area contributed by atoms with Crippen LogP contribution in [0.1, 0.15) is 12.5 Å². The molecule has 3 aromatic rings. The van der Waals surface area contributed by atoms with Gasteiger partial charge in [-0.05, 0) is 80.7 Å². The van der Waals surface area contributed by atoms with Crippen molar-refractivity contribution in [2.24, 2.45) is 0 Å². The van der Waals surface area contributed by atoms with Gasteiger partial charge in [-0.3, -0.25) is 4.79 Å². The molecule has 0 aromatic heterocycles. The molecule has 0 bridgehead atoms. The van der Waals surface area contributed by atoms with E-state index in [4.69, 9.17) is 12.2 Å². The number of thiocarbonyl (C=S) groups is 1. The number of hydrogen-bond acceptors (Lipinski definition) is 3. The van der Waals surface area contributed by atoms with Crippen LogP contribution in [0.4, 0.5) is 21.5 Å². The van der Waals surface area contributed by atoms with Crippen molar-refractivity contribution in [2.75, 3.05) is 16.0 Å². The summed E-state index contributed by atoms with van der Waals surface area (Å²) < 4.78 is 13.0. The van der Waals surface area contributed by atoms with Gasteiger partial charge in [-0.1, -0.05) is 23.8 Å².